The molecule has 3 rings (SSSR count). The van der Waals surface area contributed by atoms with E-state index in [2.05, 4.69) is 38.1 Å². The first kappa shape index (κ1) is 15.0. The minimum absolute atomic E-state index is 0.151. The minimum atomic E-state index is -0.151. The van der Waals surface area contributed by atoms with E-state index < -0.39 is 0 Å². The molecule has 0 aliphatic carbocycles. The van der Waals surface area contributed by atoms with E-state index in [4.69, 9.17) is 4.98 Å². The fourth-order valence-corrected chi connectivity index (χ4v) is 5.46. The number of hydrogen-bond acceptors (Lipinski definition) is 5. The molecule has 1 fully saturated rings. The molecule has 2 aromatic rings. The second kappa shape index (κ2) is 5.07. The molecule has 0 spiro atoms. The van der Waals surface area contributed by atoms with E-state index in [0.29, 0.717) is 18.6 Å². The van der Waals surface area contributed by atoms with Gasteiger partial charge in [0.15, 0.2) is 4.34 Å². The number of carbonyl (C=O) groups excluding carboxylic acids is 1. The largest absolute Gasteiger partial charge is 0.300 e. The maximum atomic E-state index is 12.0. The van der Waals surface area contributed by atoms with Gasteiger partial charge in [0.25, 0.3) is 0 Å². The van der Waals surface area contributed by atoms with Crippen LogP contribution in [0.3, 0.4) is 0 Å². The van der Waals surface area contributed by atoms with Crippen LogP contribution in [0, 0.1) is 0 Å². The van der Waals surface area contributed by atoms with Gasteiger partial charge >= 0.3 is 0 Å². The van der Waals surface area contributed by atoms with Crippen LogP contribution >= 0.6 is 23.3 Å². The molecule has 1 aromatic heterocycles. The highest BCUT2D eigenvalue weighted by Gasteiger charge is 2.46. The Balaban J connectivity index is 1.92. The molecule has 1 aromatic carbocycles. The standard InChI is InChI=1S/C16H20N2OS2/c1-15(2)9-11(19)10-16(3,4)18(15)21-14-17-12-7-5-6-8-13(12)20-14/h5-8H,9-10H2,1-4H3. The van der Waals surface area contributed by atoms with Gasteiger partial charge in [-0.15, -0.1) is 11.3 Å². The van der Waals surface area contributed by atoms with Crippen LogP contribution in [-0.4, -0.2) is 26.2 Å². The van der Waals surface area contributed by atoms with Gasteiger partial charge in [-0.3, -0.25) is 4.79 Å². The Labute approximate surface area is 133 Å². The van der Waals surface area contributed by atoms with Crippen LogP contribution in [0.25, 0.3) is 10.2 Å². The molecule has 21 heavy (non-hydrogen) atoms. The molecule has 1 aliphatic rings. The second-order valence-corrected chi connectivity index (χ2v) is 9.07. The predicted molar refractivity (Wildman–Crippen MR) is 89.7 cm³/mol. The van der Waals surface area contributed by atoms with Gasteiger partial charge in [0.1, 0.15) is 5.78 Å². The van der Waals surface area contributed by atoms with E-state index in [9.17, 15) is 4.79 Å². The van der Waals surface area contributed by atoms with Crippen LogP contribution in [0.5, 0.6) is 0 Å². The molecule has 0 amide bonds. The van der Waals surface area contributed by atoms with Gasteiger partial charge < -0.3 is 0 Å². The molecule has 0 bridgehead atoms. The maximum Gasteiger partial charge on any atom is 0.166 e. The number of para-hydroxylation sites is 1. The van der Waals surface area contributed by atoms with Crippen LogP contribution in [-0.2, 0) is 4.79 Å². The second-order valence-electron chi connectivity index (χ2n) is 6.85. The van der Waals surface area contributed by atoms with E-state index >= 15 is 0 Å². The highest BCUT2D eigenvalue weighted by atomic mass is 32.2. The zero-order valence-corrected chi connectivity index (χ0v) is 14.5. The lowest BCUT2D eigenvalue weighted by Crippen LogP contribution is -2.57. The van der Waals surface area contributed by atoms with Crippen molar-refractivity contribution < 1.29 is 4.79 Å². The topological polar surface area (TPSA) is 33.2 Å². The third-order valence-electron chi connectivity index (χ3n) is 3.80. The molecule has 0 saturated carbocycles. The normalized spacial score (nSPS) is 21.8. The summed E-state index contributed by atoms with van der Waals surface area (Å²) in [4.78, 5) is 16.7. The van der Waals surface area contributed by atoms with Gasteiger partial charge in [0.2, 0.25) is 0 Å². The first-order valence-electron chi connectivity index (χ1n) is 7.14. The van der Waals surface area contributed by atoms with Crippen LogP contribution in [0.4, 0.5) is 0 Å². The number of ketones is 1. The SMILES string of the molecule is CC1(C)CC(=O)CC(C)(C)N1Sc1nc2ccccc2s1. The quantitative estimate of drug-likeness (QED) is 0.761. The van der Waals surface area contributed by atoms with Crippen LogP contribution in [0.2, 0.25) is 0 Å². The number of thiazole rings is 1. The van der Waals surface area contributed by atoms with Gasteiger partial charge in [-0.1, -0.05) is 12.1 Å². The van der Waals surface area contributed by atoms with Crippen molar-refractivity contribution in [2.75, 3.05) is 0 Å². The summed E-state index contributed by atoms with van der Waals surface area (Å²) in [5.41, 5.74) is 0.747. The lowest BCUT2D eigenvalue weighted by Gasteiger charge is -2.50. The Bertz CT molecular complexity index is 637. The first-order chi connectivity index (χ1) is 9.78. The summed E-state index contributed by atoms with van der Waals surface area (Å²) in [6, 6.07) is 8.21. The molecule has 0 atom stereocenters. The highest BCUT2D eigenvalue weighted by molar-refractivity contribution is 7.99. The van der Waals surface area contributed by atoms with Crippen molar-refractivity contribution in [1.82, 2.24) is 9.29 Å². The average Bonchev–Trinajstić information content (AvgIpc) is 2.75. The monoisotopic (exact) mass is 320 g/mol. The number of rotatable bonds is 2. The van der Waals surface area contributed by atoms with E-state index in [1.54, 1.807) is 23.3 Å². The number of fused-ring (bicyclic) bond motifs is 1. The molecule has 0 unspecified atom stereocenters. The smallest absolute Gasteiger partial charge is 0.166 e. The van der Waals surface area contributed by atoms with Gasteiger partial charge in [-0.05, 0) is 51.8 Å². The fraction of sp³-hybridized carbons (Fsp3) is 0.500. The third-order valence-corrected chi connectivity index (χ3v) is 6.53. The van der Waals surface area contributed by atoms with Crippen LogP contribution in [0.15, 0.2) is 28.6 Å². The van der Waals surface area contributed by atoms with Gasteiger partial charge in [-0.2, -0.15) is 0 Å². The number of carbonyl (C=O) groups is 1. The Hall–Kier alpha value is -0.910. The summed E-state index contributed by atoms with van der Waals surface area (Å²) in [6.45, 7) is 8.58. The summed E-state index contributed by atoms with van der Waals surface area (Å²) in [5.74, 6) is 0.353. The van der Waals surface area contributed by atoms with Crippen molar-refractivity contribution in [3.63, 3.8) is 0 Å². The third kappa shape index (κ3) is 2.87. The highest BCUT2D eigenvalue weighted by Crippen LogP contribution is 2.45. The molecule has 0 N–H and O–H groups in total. The van der Waals surface area contributed by atoms with Crippen LogP contribution in [0.1, 0.15) is 40.5 Å². The zero-order valence-electron chi connectivity index (χ0n) is 12.8. The number of piperidine rings is 1. The molecule has 2 heterocycles. The van der Waals surface area contributed by atoms with Crippen molar-refractivity contribution in [1.29, 1.82) is 0 Å². The number of nitrogens with zero attached hydrogens (tertiary/aromatic N) is 2. The summed E-state index contributed by atoms with van der Waals surface area (Å²) in [5, 5.41) is 0. The summed E-state index contributed by atoms with van der Waals surface area (Å²) >= 11 is 3.41. The Morgan fingerprint density at radius 3 is 2.38 bits per heavy atom. The molecule has 1 saturated heterocycles. The van der Waals surface area contributed by atoms with E-state index in [1.807, 2.05) is 18.2 Å². The number of benzene rings is 1. The summed E-state index contributed by atoms with van der Waals surface area (Å²) in [6.07, 6.45) is 1.21. The average molecular weight is 320 g/mol. The number of aromatic nitrogens is 1. The molecular formula is C16H20N2OS2. The molecular weight excluding hydrogens is 300 g/mol. The van der Waals surface area contributed by atoms with Crippen molar-refractivity contribution in [3.8, 4) is 0 Å². The van der Waals surface area contributed by atoms with Crippen molar-refractivity contribution in [2.45, 2.75) is 56.0 Å². The van der Waals surface area contributed by atoms with Crippen molar-refractivity contribution in [2.24, 2.45) is 0 Å². The van der Waals surface area contributed by atoms with Gasteiger partial charge in [-0.25, -0.2) is 9.29 Å². The van der Waals surface area contributed by atoms with Gasteiger partial charge in [0, 0.05) is 23.9 Å². The number of Topliss-reactive ketones (excluding diaryl/α,β-unsaturated/α-hetero) is 1. The zero-order chi connectivity index (χ0) is 15.3. The predicted octanol–water partition coefficient (Wildman–Crippen LogP) is 4.53. The molecule has 112 valence electrons. The number of hydrogen-bond donors (Lipinski definition) is 0. The Morgan fingerprint density at radius 2 is 1.76 bits per heavy atom. The molecule has 1 aliphatic heterocycles. The van der Waals surface area contributed by atoms with Gasteiger partial charge in [0.05, 0.1) is 10.2 Å². The van der Waals surface area contributed by atoms with Crippen molar-refractivity contribution in [3.05, 3.63) is 24.3 Å². The van der Waals surface area contributed by atoms with E-state index in [0.717, 1.165) is 9.86 Å². The Morgan fingerprint density at radius 1 is 1.14 bits per heavy atom. The summed E-state index contributed by atoms with van der Waals surface area (Å²) < 4.78 is 4.62. The maximum absolute atomic E-state index is 12.0. The first-order valence-corrected chi connectivity index (χ1v) is 8.72. The molecule has 5 heteroatoms. The lowest BCUT2D eigenvalue weighted by atomic mass is 9.82. The van der Waals surface area contributed by atoms with E-state index in [1.165, 1.54) is 4.70 Å². The lowest BCUT2D eigenvalue weighted by molar-refractivity contribution is -0.127. The molecule has 3 nitrogen and oxygen atoms in total. The fourth-order valence-electron chi connectivity index (χ4n) is 3.21. The molecule has 0 radical (unpaired) electrons. The Kier molecular flexibility index (Phi) is 3.62. The minimum Gasteiger partial charge on any atom is -0.300 e. The van der Waals surface area contributed by atoms with Crippen LogP contribution < -0.4 is 0 Å². The van der Waals surface area contributed by atoms with E-state index in [-0.39, 0.29) is 11.1 Å². The summed E-state index contributed by atoms with van der Waals surface area (Å²) in [7, 11) is 0. The van der Waals surface area contributed by atoms with Crippen molar-refractivity contribution >= 4 is 39.3 Å².